The molecule has 0 radical (unpaired) electrons. The number of carbonyl (C=O) groups is 1. The van der Waals surface area contributed by atoms with Gasteiger partial charge in [0.1, 0.15) is 0 Å². The molecule has 3 atom stereocenters. The van der Waals surface area contributed by atoms with E-state index in [1.54, 1.807) is 0 Å². The highest BCUT2D eigenvalue weighted by Crippen LogP contribution is 2.30. The molecule has 1 aromatic heterocycles. The molecule has 4 heterocycles. The lowest BCUT2D eigenvalue weighted by Crippen LogP contribution is -2.40. The van der Waals surface area contributed by atoms with Gasteiger partial charge in [-0.3, -0.25) is 9.48 Å². The Morgan fingerprint density at radius 3 is 2.72 bits per heavy atom. The summed E-state index contributed by atoms with van der Waals surface area (Å²) in [6.07, 6.45) is 10.2. The van der Waals surface area contributed by atoms with Crippen LogP contribution >= 0.6 is 0 Å². The maximum Gasteiger partial charge on any atom is 0.227 e. The number of aromatic nitrogens is 2. The zero-order valence-corrected chi connectivity index (χ0v) is 15.4. The molecule has 1 aromatic rings. The van der Waals surface area contributed by atoms with E-state index in [2.05, 4.69) is 26.4 Å². The largest absolute Gasteiger partial charge is 0.342 e. The van der Waals surface area contributed by atoms with E-state index in [4.69, 9.17) is 0 Å². The summed E-state index contributed by atoms with van der Waals surface area (Å²) in [4.78, 5) is 18.0. The van der Waals surface area contributed by atoms with E-state index >= 15 is 0 Å². The molecule has 3 saturated heterocycles. The van der Waals surface area contributed by atoms with Gasteiger partial charge in [-0.15, -0.1) is 0 Å². The highest BCUT2D eigenvalue weighted by Gasteiger charge is 2.37. The Morgan fingerprint density at radius 1 is 1.12 bits per heavy atom. The fourth-order valence-electron chi connectivity index (χ4n) is 4.93. The summed E-state index contributed by atoms with van der Waals surface area (Å²) in [6.45, 7) is 6.05. The van der Waals surface area contributed by atoms with Gasteiger partial charge < -0.3 is 15.1 Å². The van der Waals surface area contributed by atoms with Gasteiger partial charge in [0.25, 0.3) is 0 Å². The number of nitrogens with zero attached hydrogens (tertiary/aromatic N) is 4. The van der Waals surface area contributed by atoms with Gasteiger partial charge in [0, 0.05) is 51.4 Å². The number of rotatable bonds is 3. The second-order valence-electron chi connectivity index (χ2n) is 7.97. The molecular weight excluding hydrogens is 314 g/mol. The Bertz CT molecular complexity index is 594. The molecule has 0 bridgehead atoms. The van der Waals surface area contributed by atoms with Crippen molar-refractivity contribution >= 4 is 5.91 Å². The molecule has 3 aliphatic heterocycles. The van der Waals surface area contributed by atoms with Gasteiger partial charge in [0.2, 0.25) is 5.91 Å². The standard InChI is InChI=1S/C19H31N5O/c1-22-14-15(11-21-22)17-12-20-13-18(17)19(25)24-9-4-5-16(6-10-24)23-7-2-3-8-23/h11,14,16-18,20H,2-10,12-13H2,1H3/t16?,17-,18+/m1/s1. The lowest BCUT2D eigenvalue weighted by atomic mass is 9.89. The first-order chi connectivity index (χ1) is 12.2. The van der Waals surface area contributed by atoms with Crippen LogP contribution in [0.2, 0.25) is 0 Å². The second-order valence-corrected chi connectivity index (χ2v) is 7.97. The summed E-state index contributed by atoms with van der Waals surface area (Å²) in [6, 6.07) is 0.691. The van der Waals surface area contributed by atoms with Crippen LogP contribution in [0.5, 0.6) is 0 Å². The Hall–Kier alpha value is -1.40. The summed E-state index contributed by atoms with van der Waals surface area (Å²) in [5.41, 5.74) is 1.19. The number of amides is 1. The van der Waals surface area contributed by atoms with Gasteiger partial charge in [-0.1, -0.05) is 0 Å². The first-order valence-electron chi connectivity index (χ1n) is 9.94. The van der Waals surface area contributed by atoms with Crippen LogP contribution in [-0.2, 0) is 11.8 Å². The molecule has 0 saturated carbocycles. The summed E-state index contributed by atoms with van der Waals surface area (Å²) < 4.78 is 1.84. The van der Waals surface area contributed by atoms with Gasteiger partial charge in [0.05, 0.1) is 12.1 Å². The Morgan fingerprint density at radius 2 is 1.96 bits per heavy atom. The average molecular weight is 345 g/mol. The molecule has 0 aliphatic carbocycles. The average Bonchev–Trinajstić information content (AvgIpc) is 3.33. The first kappa shape index (κ1) is 17.0. The zero-order valence-electron chi connectivity index (χ0n) is 15.4. The minimum Gasteiger partial charge on any atom is -0.342 e. The third kappa shape index (κ3) is 3.60. The number of aryl methyl sites for hydroxylation is 1. The predicted molar refractivity (Wildman–Crippen MR) is 97.3 cm³/mol. The Kier molecular flexibility index (Phi) is 5.08. The van der Waals surface area contributed by atoms with E-state index < -0.39 is 0 Å². The molecule has 6 heteroatoms. The van der Waals surface area contributed by atoms with E-state index in [-0.39, 0.29) is 11.8 Å². The Labute approximate surface area is 150 Å². The SMILES string of the molecule is Cn1cc([C@H]2CNC[C@@H]2C(=O)N2CCCC(N3CCCC3)CC2)cn1. The molecule has 25 heavy (non-hydrogen) atoms. The monoisotopic (exact) mass is 345 g/mol. The minimum atomic E-state index is 0.0625. The van der Waals surface area contributed by atoms with E-state index in [0.717, 1.165) is 39.0 Å². The molecule has 3 fully saturated rings. The van der Waals surface area contributed by atoms with Crippen LogP contribution in [0.4, 0.5) is 0 Å². The zero-order chi connectivity index (χ0) is 17.2. The van der Waals surface area contributed by atoms with Crippen molar-refractivity contribution in [3.05, 3.63) is 18.0 Å². The van der Waals surface area contributed by atoms with E-state index in [0.29, 0.717) is 11.9 Å². The van der Waals surface area contributed by atoms with Crippen LogP contribution in [0.15, 0.2) is 12.4 Å². The molecule has 0 aromatic carbocycles. The molecule has 4 rings (SSSR count). The maximum absolute atomic E-state index is 13.2. The smallest absolute Gasteiger partial charge is 0.227 e. The normalized spacial score (nSPS) is 31.4. The van der Waals surface area contributed by atoms with Crippen LogP contribution in [0.3, 0.4) is 0 Å². The lowest BCUT2D eigenvalue weighted by Gasteiger charge is -2.28. The summed E-state index contributed by atoms with van der Waals surface area (Å²) in [5.74, 6) is 0.673. The molecule has 6 nitrogen and oxygen atoms in total. The number of hydrogen-bond acceptors (Lipinski definition) is 4. The quantitative estimate of drug-likeness (QED) is 0.894. The molecular formula is C19H31N5O. The van der Waals surface area contributed by atoms with Gasteiger partial charge in [0.15, 0.2) is 0 Å². The minimum absolute atomic E-state index is 0.0625. The van der Waals surface area contributed by atoms with E-state index in [1.807, 2.05) is 17.9 Å². The topological polar surface area (TPSA) is 53.4 Å². The number of hydrogen-bond donors (Lipinski definition) is 1. The number of carbonyl (C=O) groups excluding carboxylic acids is 1. The third-order valence-corrected chi connectivity index (χ3v) is 6.35. The van der Waals surface area contributed by atoms with Gasteiger partial charge in [-0.25, -0.2) is 0 Å². The highest BCUT2D eigenvalue weighted by molar-refractivity contribution is 5.80. The lowest BCUT2D eigenvalue weighted by molar-refractivity contribution is -0.135. The van der Waals surface area contributed by atoms with Crippen molar-refractivity contribution in [2.45, 2.75) is 44.1 Å². The number of likely N-dealkylation sites (tertiary alicyclic amines) is 2. The first-order valence-corrected chi connectivity index (χ1v) is 9.94. The molecule has 1 amide bonds. The summed E-state index contributed by atoms with van der Waals surface area (Å²) in [5, 5.41) is 7.72. The second kappa shape index (κ2) is 7.46. The molecule has 138 valence electrons. The van der Waals surface area contributed by atoms with Crippen molar-refractivity contribution in [1.82, 2.24) is 24.9 Å². The van der Waals surface area contributed by atoms with Crippen molar-refractivity contribution in [2.75, 3.05) is 39.3 Å². The van der Waals surface area contributed by atoms with Gasteiger partial charge in [-0.05, 0) is 50.8 Å². The molecule has 3 aliphatic rings. The van der Waals surface area contributed by atoms with Crippen LogP contribution in [-0.4, -0.2) is 70.8 Å². The van der Waals surface area contributed by atoms with E-state index in [1.165, 1.54) is 37.9 Å². The number of nitrogens with one attached hydrogen (secondary N) is 1. The van der Waals surface area contributed by atoms with Crippen molar-refractivity contribution < 1.29 is 4.79 Å². The van der Waals surface area contributed by atoms with Gasteiger partial charge in [-0.2, -0.15) is 5.10 Å². The van der Waals surface area contributed by atoms with Crippen LogP contribution < -0.4 is 5.32 Å². The molecule has 1 unspecified atom stereocenters. The fraction of sp³-hybridized carbons (Fsp3) is 0.789. The third-order valence-electron chi connectivity index (χ3n) is 6.35. The van der Waals surface area contributed by atoms with Crippen LogP contribution in [0.1, 0.15) is 43.6 Å². The van der Waals surface area contributed by atoms with Crippen molar-refractivity contribution in [3.8, 4) is 0 Å². The van der Waals surface area contributed by atoms with Crippen LogP contribution in [0, 0.1) is 5.92 Å². The van der Waals surface area contributed by atoms with Crippen molar-refractivity contribution in [2.24, 2.45) is 13.0 Å². The maximum atomic E-state index is 13.2. The van der Waals surface area contributed by atoms with E-state index in [9.17, 15) is 4.79 Å². The fourth-order valence-corrected chi connectivity index (χ4v) is 4.93. The summed E-state index contributed by atoms with van der Waals surface area (Å²) >= 11 is 0. The predicted octanol–water partition coefficient (Wildman–Crippen LogP) is 1.20. The van der Waals surface area contributed by atoms with Crippen molar-refractivity contribution in [3.63, 3.8) is 0 Å². The summed E-state index contributed by atoms with van der Waals surface area (Å²) in [7, 11) is 1.94. The van der Waals surface area contributed by atoms with Crippen LogP contribution in [0.25, 0.3) is 0 Å². The molecule has 0 spiro atoms. The Balaban J connectivity index is 1.39. The van der Waals surface area contributed by atoms with Gasteiger partial charge >= 0.3 is 0 Å². The highest BCUT2D eigenvalue weighted by atomic mass is 16.2. The molecule has 1 N–H and O–H groups in total. The van der Waals surface area contributed by atoms with Crippen molar-refractivity contribution in [1.29, 1.82) is 0 Å².